The molecule has 2 aliphatic heterocycles. The molecule has 2 saturated heterocycles. The Kier molecular flexibility index (Phi) is 7.38. The number of carbonyl (C=O) groups excluding carboxylic acids is 3. The van der Waals surface area contributed by atoms with Gasteiger partial charge in [-0.15, -0.1) is 0 Å². The predicted molar refractivity (Wildman–Crippen MR) is 117 cm³/mol. The van der Waals surface area contributed by atoms with Crippen LogP contribution in [0.25, 0.3) is 0 Å². The molecule has 0 spiro atoms. The van der Waals surface area contributed by atoms with E-state index in [9.17, 15) is 18.8 Å². The fourth-order valence-electron chi connectivity index (χ4n) is 4.13. The molecule has 8 nitrogen and oxygen atoms in total. The minimum Gasteiger partial charge on any atom is -0.444 e. The monoisotopic (exact) mass is 448 g/mol. The highest BCUT2D eigenvalue weighted by Crippen LogP contribution is 2.32. The van der Waals surface area contributed by atoms with Crippen molar-refractivity contribution in [2.45, 2.75) is 51.3 Å². The van der Waals surface area contributed by atoms with Gasteiger partial charge in [0, 0.05) is 52.6 Å². The summed E-state index contributed by atoms with van der Waals surface area (Å²) in [5.74, 6) is -0.518. The van der Waals surface area contributed by atoms with E-state index in [-0.39, 0.29) is 42.2 Å². The molecule has 0 bridgehead atoms. The molecule has 3 amide bonds. The van der Waals surface area contributed by atoms with Gasteiger partial charge in [0.25, 0.3) is 0 Å². The molecule has 2 aliphatic rings. The molecule has 0 unspecified atom stereocenters. The van der Waals surface area contributed by atoms with Crippen LogP contribution in [0, 0.1) is 5.82 Å². The zero-order valence-corrected chi connectivity index (χ0v) is 19.3. The van der Waals surface area contributed by atoms with Crippen molar-refractivity contribution in [3.05, 3.63) is 35.6 Å². The van der Waals surface area contributed by atoms with Crippen molar-refractivity contribution in [1.29, 1.82) is 0 Å². The summed E-state index contributed by atoms with van der Waals surface area (Å²) in [4.78, 5) is 42.5. The molecule has 9 heteroatoms. The van der Waals surface area contributed by atoms with Crippen LogP contribution in [0.1, 0.15) is 45.2 Å². The summed E-state index contributed by atoms with van der Waals surface area (Å²) >= 11 is 0. The average Bonchev–Trinajstić information content (AvgIpc) is 2.99. The normalized spacial score (nSPS) is 22.2. The van der Waals surface area contributed by atoms with Crippen molar-refractivity contribution in [3.8, 4) is 0 Å². The topological polar surface area (TPSA) is 82.2 Å². The molecule has 176 valence electrons. The van der Waals surface area contributed by atoms with Gasteiger partial charge < -0.3 is 19.9 Å². The molecule has 0 aromatic heterocycles. The molecule has 1 aromatic carbocycles. The number of benzene rings is 1. The lowest BCUT2D eigenvalue weighted by molar-refractivity contribution is -0.127. The van der Waals surface area contributed by atoms with E-state index in [0.29, 0.717) is 39.1 Å². The highest BCUT2D eigenvalue weighted by molar-refractivity contribution is 5.83. The number of hydrogen-bond acceptors (Lipinski definition) is 5. The van der Waals surface area contributed by atoms with Crippen LogP contribution in [0.3, 0.4) is 0 Å². The molecule has 2 fully saturated rings. The third kappa shape index (κ3) is 6.18. The summed E-state index contributed by atoms with van der Waals surface area (Å²) in [6.07, 6.45) is 0.215. The first kappa shape index (κ1) is 24.0. The fourth-order valence-corrected chi connectivity index (χ4v) is 4.13. The van der Waals surface area contributed by atoms with Crippen LogP contribution in [-0.4, -0.2) is 84.0 Å². The van der Waals surface area contributed by atoms with Gasteiger partial charge in [0.1, 0.15) is 11.4 Å². The molecule has 1 aromatic rings. The lowest BCUT2D eigenvalue weighted by atomic mass is 10.00. The van der Waals surface area contributed by atoms with E-state index in [0.717, 1.165) is 5.56 Å². The van der Waals surface area contributed by atoms with Gasteiger partial charge in [-0.05, 0) is 38.5 Å². The number of ether oxygens (including phenoxy) is 1. The Bertz CT molecular complexity index is 831. The van der Waals surface area contributed by atoms with Gasteiger partial charge in [0.2, 0.25) is 11.8 Å². The Balaban J connectivity index is 1.47. The molecule has 0 aliphatic carbocycles. The van der Waals surface area contributed by atoms with Gasteiger partial charge in [0.15, 0.2) is 0 Å². The molecule has 0 radical (unpaired) electrons. The number of rotatable bonds is 5. The summed E-state index contributed by atoms with van der Waals surface area (Å²) in [5, 5.41) is 2.99. The van der Waals surface area contributed by atoms with Gasteiger partial charge >= 0.3 is 6.09 Å². The number of likely N-dealkylation sites (N-methyl/N-ethyl adjacent to an activating group) is 1. The van der Waals surface area contributed by atoms with Crippen molar-refractivity contribution in [2.75, 3.05) is 39.8 Å². The van der Waals surface area contributed by atoms with E-state index in [1.54, 1.807) is 29.0 Å². The van der Waals surface area contributed by atoms with E-state index < -0.39 is 5.60 Å². The Morgan fingerprint density at radius 3 is 2.34 bits per heavy atom. The number of carbonyl (C=O) groups is 3. The maximum Gasteiger partial charge on any atom is 0.410 e. The summed E-state index contributed by atoms with van der Waals surface area (Å²) in [5.41, 5.74) is 0.275. The highest BCUT2D eigenvalue weighted by Gasteiger charge is 2.39. The van der Waals surface area contributed by atoms with Crippen molar-refractivity contribution in [2.24, 2.45) is 0 Å². The Morgan fingerprint density at radius 1 is 1.12 bits per heavy atom. The summed E-state index contributed by atoms with van der Waals surface area (Å²) < 4.78 is 18.7. The largest absolute Gasteiger partial charge is 0.444 e. The first-order chi connectivity index (χ1) is 15.0. The van der Waals surface area contributed by atoms with Gasteiger partial charge in [0.05, 0.1) is 12.1 Å². The molecule has 2 heterocycles. The van der Waals surface area contributed by atoms with Crippen LogP contribution in [0.15, 0.2) is 24.3 Å². The van der Waals surface area contributed by atoms with Crippen molar-refractivity contribution in [3.63, 3.8) is 0 Å². The standard InChI is InChI=1S/C23H33FN4O4/c1-23(2,3)32-22(31)28-13-11-27(12-14-28)10-9-19(29)25-18-15-20(30)26(4)21(18)16-5-7-17(24)8-6-16/h5-8,18,21H,9-15H2,1-4H3,(H,25,29)/t18-,21+/m1/s1. The Labute approximate surface area is 188 Å². The Morgan fingerprint density at radius 2 is 1.75 bits per heavy atom. The number of likely N-dealkylation sites (tertiary alicyclic amines) is 1. The maximum absolute atomic E-state index is 13.3. The first-order valence-electron chi connectivity index (χ1n) is 11.0. The van der Waals surface area contributed by atoms with Gasteiger partial charge in [-0.3, -0.25) is 14.5 Å². The van der Waals surface area contributed by atoms with E-state index in [2.05, 4.69) is 10.2 Å². The summed E-state index contributed by atoms with van der Waals surface area (Å²) in [6.45, 7) is 8.58. The third-order valence-electron chi connectivity index (χ3n) is 5.82. The summed E-state index contributed by atoms with van der Waals surface area (Å²) in [6, 6.07) is 5.36. The molecule has 2 atom stereocenters. The minimum atomic E-state index is -0.520. The van der Waals surface area contributed by atoms with Crippen LogP contribution >= 0.6 is 0 Å². The first-order valence-corrected chi connectivity index (χ1v) is 11.0. The minimum absolute atomic E-state index is 0.0529. The van der Waals surface area contributed by atoms with Crippen LogP contribution in [0.5, 0.6) is 0 Å². The number of halogens is 1. The van der Waals surface area contributed by atoms with E-state index in [1.807, 2.05) is 20.8 Å². The van der Waals surface area contributed by atoms with Crippen LogP contribution < -0.4 is 5.32 Å². The molecule has 3 rings (SSSR count). The number of piperazine rings is 1. The number of hydrogen-bond donors (Lipinski definition) is 1. The van der Waals surface area contributed by atoms with Crippen molar-refractivity contribution < 1.29 is 23.5 Å². The van der Waals surface area contributed by atoms with E-state index in [4.69, 9.17) is 4.74 Å². The van der Waals surface area contributed by atoms with E-state index >= 15 is 0 Å². The molecule has 0 saturated carbocycles. The number of nitrogens with zero attached hydrogens (tertiary/aromatic N) is 3. The average molecular weight is 449 g/mol. The van der Waals surface area contributed by atoms with Crippen molar-refractivity contribution >= 4 is 17.9 Å². The number of nitrogens with one attached hydrogen (secondary N) is 1. The van der Waals surface area contributed by atoms with Gasteiger partial charge in [-0.2, -0.15) is 0 Å². The smallest absolute Gasteiger partial charge is 0.410 e. The Hall–Kier alpha value is -2.68. The predicted octanol–water partition coefficient (Wildman–Crippen LogP) is 2.16. The van der Waals surface area contributed by atoms with Gasteiger partial charge in [-0.1, -0.05) is 12.1 Å². The molecule has 32 heavy (non-hydrogen) atoms. The number of amides is 3. The second-order valence-electron chi connectivity index (χ2n) is 9.44. The third-order valence-corrected chi connectivity index (χ3v) is 5.82. The van der Waals surface area contributed by atoms with Gasteiger partial charge in [-0.25, -0.2) is 9.18 Å². The van der Waals surface area contributed by atoms with Crippen LogP contribution in [0.2, 0.25) is 0 Å². The maximum atomic E-state index is 13.3. The highest BCUT2D eigenvalue weighted by atomic mass is 19.1. The SMILES string of the molecule is CN1C(=O)C[C@@H](NC(=O)CCN2CCN(C(=O)OC(C)(C)C)CC2)[C@@H]1c1ccc(F)cc1. The fraction of sp³-hybridized carbons (Fsp3) is 0.609. The second-order valence-corrected chi connectivity index (χ2v) is 9.44. The van der Waals surface area contributed by atoms with Crippen molar-refractivity contribution in [1.82, 2.24) is 20.0 Å². The van der Waals surface area contributed by atoms with E-state index in [1.165, 1.54) is 12.1 Å². The molecular formula is C23H33FN4O4. The second kappa shape index (κ2) is 9.85. The van der Waals surface area contributed by atoms with Crippen LogP contribution in [0.4, 0.5) is 9.18 Å². The lowest BCUT2D eigenvalue weighted by Crippen LogP contribution is -2.50. The lowest BCUT2D eigenvalue weighted by Gasteiger charge is -2.35. The molecular weight excluding hydrogens is 415 g/mol. The zero-order chi connectivity index (χ0) is 23.5. The zero-order valence-electron chi connectivity index (χ0n) is 19.3. The van der Waals surface area contributed by atoms with Crippen LogP contribution in [-0.2, 0) is 14.3 Å². The molecule has 1 N–H and O–H groups in total. The quantitative estimate of drug-likeness (QED) is 0.747. The summed E-state index contributed by atoms with van der Waals surface area (Å²) in [7, 11) is 1.70.